The number of hydrogen-bond donors (Lipinski definition) is 0. The van der Waals surface area contributed by atoms with Crippen LogP contribution < -0.4 is 9.64 Å². The van der Waals surface area contributed by atoms with E-state index in [1.54, 1.807) is 0 Å². The van der Waals surface area contributed by atoms with Gasteiger partial charge in [0.05, 0.1) is 0 Å². The van der Waals surface area contributed by atoms with Crippen LogP contribution in [-0.4, -0.2) is 78.7 Å². The van der Waals surface area contributed by atoms with Crippen molar-refractivity contribution in [2.24, 2.45) is 0 Å². The Morgan fingerprint density at radius 3 is 2.63 bits per heavy atom. The number of nitrogens with zero attached hydrogens (tertiary/aromatic N) is 5. The van der Waals surface area contributed by atoms with Gasteiger partial charge in [-0.2, -0.15) is 0 Å². The SMILES string of the molecule is CN1CC[C@H](Oc2ccc(-c3ncc4c(n3)N(CCCN3CCCC3)CC4)cc2)C1. The van der Waals surface area contributed by atoms with Crippen LogP contribution in [0.5, 0.6) is 5.75 Å². The van der Waals surface area contributed by atoms with Crippen molar-refractivity contribution in [2.75, 3.05) is 57.8 Å². The molecule has 4 heterocycles. The number of rotatable bonds is 7. The molecule has 0 bridgehead atoms. The van der Waals surface area contributed by atoms with Gasteiger partial charge in [0.1, 0.15) is 17.7 Å². The smallest absolute Gasteiger partial charge is 0.161 e. The van der Waals surface area contributed by atoms with Crippen molar-refractivity contribution in [3.05, 3.63) is 36.0 Å². The predicted octanol–water partition coefficient (Wildman–Crippen LogP) is 3.07. The maximum absolute atomic E-state index is 6.12. The largest absolute Gasteiger partial charge is 0.489 e. The molecule has 0 N–H and O–H groups in total. The van der Waals surface area contributed by atoms with Gasteiger partial charge in [0.2, 0.25) is 0 Å². The lowest BCUT2D eigenvalue weighted by Gasteiger charge is -2.21. The molecule has 0 radical (unpaired) electrons. The van der Waals surface area contributed by atoms with Gasteiger partial charge in [-0.05, 0) is 83.1 Å². The van der Waals surface area contributed by atoms with E-state index < -0.39 is 0 Å². The lowest BCUT2D eigenvalue weighted by Crippen LogP contribution is -2.28. The second kappa shape index (κ2) is 8.90. The lowest BCUT2D eigenvalue weighted by molar-refractivity contribution is 0.208. The molecule has 0 amide bonds. The first-order valence-electron chi connectivity index (χ1n) is 11.5. The van der Waals surface area contributed by atoms with E-state index in [1.165, 1.54) is 44.5 Å². The van der Waals surface area contributed by atoms with Crippen LogP contribution in [0.3, 0.4) is 0 Å². The van der Waals surface area contributed by atoms with Crippen molar-refractivity contribution in [2.45, 2.75) is 38.2 Å². The number of ether oxygens (including phenoxy) is 1. The second-order valence-electron chi connectivity index (χ2n) is 9.00. The van der Waals surface area contributed by atoms with Crippen LogP contribution in [0.4, 0.5) is 5.82 Å². The Kier molecular flexibility index (Phi) is 5.86. The number of aromatic nitrogens is 2. The summed E-state index contributed by atoms with van der Waals surface area (Å²) in [6.07, 6.45) is 8.42. The Hall–Kier alpha value is -2.18. The van der Waals surface area contributed by atoms with Gasteiger partial charge in [0.15, 0.2) is 5.82 Å². The molecule has 1 atom stereocenters. The number of likely N-dealkylation sites (N-methyl/N-ethyl adjacent to an activating group) is 1. The number of hydrogen-bond acceptors (Lipinski definition) is 6. The zero-order chi connectivity index (χ0) is 20.3. The molecule has 0 aliphatic carbocycles. The first-order chi connectivity index (χ1) is 14.7. The fourth-order valence-corrected chi connectivity index (χ4v) is 4.92. The minimum Gasteiger partial charge on any atom is -0.489 e. The van der Waals surface area contributed by atoms with Gasteiger partial charge in [0.25, 0.3) is 0 Å². The highest BCUT2D eigenvalue weighted by Crippen LogP contribution is 2.29. The van der Waals surface area contributed by atoms with Gasteiger partial charge in [-0.15, -0.1) is 0 Å². The second-order valence-corrected chi connectivity index (χ2v) is 9.00. The summed E-state index contributed by atoms with van der Waals surface area (Å²) in [6.45, 7) is 8.03. The minimum atomic E-state index is 0.297. The monoisotopic (exact) mass is 407 g/mol. The van der Waals surface area contributed by atoms with Crippen LogP contribution in [0, 0.1) is 0 Å². The van der Waals surface area contributed by atoms with Gasteiger partial charge in [-0.1, -0.05) is 0 Å². The Labute approximate surface area is 179 Å². The zero-order valence-corrected chi connectivity index (χ0v) is 18.1. The van der Waals surface area contributed by atoms with Crippen molar-refractivity contribution in [3.8, 4) is 17.1 Å². The van der Waals surface area contributed by atoms with Crippen molar-refractivity contribution < 1.29 is 4.74 Å². The normalized spacial score (nSPS) is 22.0. The molecule has 6 nitrogen and oxygen atoms in total. The van der Waals surface area contributed by atoms with E-state index in [4.69, 9.17) is 9.72 Å². The summed E-state index contributed by atoms with van der Waals surface area (Å²) < 4.78 is 6.12. The molecule has 5 rings (SSSR count). The average molecular weight is 408 g/mol. The summed E-state index contributed by atoms with van der Waals surface area (Å²) in [5, 5.41) is 0. The Balaban J connectivity index is 1.22. The molecule has 0 spiro atoms. The van der Waals surface area contributed by atoms with E-state index in [0.29, 0.717) is 6.10 Å². The summed E-state index contributed by atoms with van der Waals surface area (Å²) in [6, 6.07) is 8.28. The third-order valence-electron chi connectivity index (χ3n) is 6.66. The molecule has 0 unspecified atom stereocenters. The van der Waals surface area contributed by atoms with Gasteiger partial charge in [0, 0.05) is 43.5 Å². The Morgan fingerprint density at radius 1 is 1.03 bits per heavy atom. The molecule has 3 aliphatic rings. The highest BCUT2D eigenvalue weighted by atomic mass is 16.5. The molecule has 2 saturated heterocycles. The average Bonchev–Trinajstić information content (AvgIpc) is 3.51. The lowest BCUT2D eigenvalue weighted by atomic mass is 10.2. The van der Waals surface area contributed by atoms with Gasteiger partial charge in [-0.3, -0.25) is 0 Å². The molecule has 2 fully saturated rings. The van der Waals surface area contributed by atoms with Crippen LogP contribution in [0.15, 0.2) is 30.5 Å². The Morgan fingerprint density at radius 2 is 1.87 bits per heavy atom. The summed E-state index contributed by atoms with van der Waals surface area (Å²) in [5.74, 6) is 2.88. The highest BCUT2D eigenvalue weighted by molar-refractivity contribution is 5.61. The maximum Gasteiger partial charge on any atom is 0.161 e. The van der Waals surface area contributed by atoms with E-state index in [0.717, 1.165) is 62.0 Å². The van der Waals surface area contributed by atoms with Gasteiger partial charge < -0.3 is 19.4 Å². The third kappa shape index (κ3) is 4.44. The molecule has 30 heavy (non-hydrogen) atoms. The van der Waals surface area contributed by atoms with E-state index >= 15 is 0 Å². The van der Waals surface area contributed by atoms with Crippen molar-refractivity contribution in [1.29, 1.82) is 0 Å². The fraction of sp³-hybridized carbons (Fsp3) is 0.583. The summed E-state index contributed by atoms with van der Waals surface area (Å²) >= 11 is 0. The maximum atomic E-state index is 6.12. The summed E-state index contributed by atoms with van der Waals surface area (Å²) in [4.78, 5) is 17.0. The quantitative estimate of drug-likeness (QED) is 0.703. The zero-order valence-electron chi connectivity index (χ0n) is 18.1. The molecule has 2 aromatic rings. The number of benzene rings is 1. The Bertz CT molecular complexity index is 849. The standard InChI is InChI=1S/C24H33N5O/c1-27-15-10-22(18-27)30-21-7-5-19(6-8-21)23-25-17-20-9-16-29(24(20)26-23)14-4-13-28-11-2-3-12-28/h5-8,17,22H,2-4,9-16,18H2,1H3/t22-/m0/s1. The molecule has 0 saturated carbocycles. The van der Waals surface area contributed by atoms with Crippen LogP contribution in [0.1, 0.15) is 31.2 Å². The number of likely N-dealkylation sites (tertiary alicyclic amines) is 2. The summed E-state index contributed by atoms with van der Waals surface area (Å²) in [7, 11) is 2.15. The van der Waals surface area contributed by atoms with E-state index in [9.17, 15) is 0 Å². The molecule has 160 valence electrons. The topological polar surface area (TPSA) is 44.7 Å². The van der Waals surface area contributed by atoms with E-state index in [2.05, 4.69) is 51.0 Å². The molecular weight excluding hydrogens is 374 g/mol. The third-order valence-corrected chi connectivity index (χ3v) is 6.66. The first-order valence-corrected chi connectivity index (χ1v) is 11.5. The molecular formula is C24H33N5O. The molecule has 6 heteroatoms. The highest BCUT2D eigenvalue weighted by Gasteiger charge is 2.23. The number of anilines is 1. The van der Waals surface area contributed by atoms with Crippen molar-refractivity contribution in [3.63, 3.8) is 0 Å². The first kappa shape index (κ1) is 19.8. The van der Waals surface area contributed by atoms with Crippen molar-refractivity contribution >= 4 is 5.82 Å². The molecule has 1 aromatic carbocycles. The van der Waals surface area contributed by atoms with Crippen LogP contribution >= 0.6 is 0 Å². The van der Waals surface area contributed by atoms with Gasteiger partial charge in [-0.25, -0.2) is 9.97 Å². The van der Waals surface area contributed by atoms with E-state index in [-0.39, 0.29) is 0 Å². The molecule has 3 aliphatic heterocycles. The van der Waals surface area contributed by atoms with Crippen LogP contribution in [0.2, 0.25) is 0 Å². The van der Waals surface area contributed by atoms with Crippen LogP contribution in [-0.2, 0) is 6.42 Å². The molecule has 1 aromatic heterocycles. The minimum absolute atomic E-state index is 0.297. The number of fused-ring (bicyclic) bond motifs is 1. The predicted molar refractivity (Wildman–Crippen MR) is 120 cm³/mol. The van der Waals surface area contributed by atoms with Crippen LogP contribution in [0.25, 0.3) is 11.4 Å². The summed E-state index contributed by atoms with van der Waals surface area (Å²) in [5.41, 5.74) is 2.34. The van der Waals surface area contributed by atoms with Gasteiger partial charge >= 0.3 is 0 Å². The fourth-order valence-electron chi connectivity index (χ4n) is 4.92. The van der Waals surface area contributed by atoms with E-state index in [1.807, 2.05) is 6.20 Å². The van der Waals surface area contributed by atoms with Crippen molar-refractivity contribution in [1.82, 2.24) is 19.8 Å².